The van der Waals surface area contributed by atoms with Crippen LogP contribution in [0.3, 0.4) is 0 Å². The minimum Gasteiger partial charge on any atom is -0.308 e. The first-order valence-electron chi connectivity index (χ1n) is 42.7. The van der Waals surface area contributed by atoms with Crippen LogP contribution in [0.1, 0.15) is 0 Å². The summed E-state index contributed by atoms with van der Waals surface area (Å²) in [6, 6.07) is 159. The minimum absolute atomic E-state index is 1.15. The molecule has 4 aromatic heterocycles. The van der Waals surface area contributed by atoms with Crippen molar-refractivity contribution >= 4 is 213 Å². The highest BCUT2D eigenvalue weighted by atomic mass is 32.1. The molecule has 0 saturated heterocycles. The van der Waals surface area contributed by atoms with Gasteiger partial charge in [0.05, 0.1) is 21.4 Å². The zero-order valence-corrected chi connectivity index (χ0v) is 69.5. The standard InChI is InChI=1S/C120H69NS3/c1-2-24-70(25-3-1)81-40-20-44-103-104-45-23-46-105(119(104)123-117(81)103)107-63-71(72-51-56-96-90-32-7-4-26-84(90)87-29-10-13-35-93(87)108(96)64-72)50-55-80(107)78-60-76(73-52-57-97-91-33-8-5-27-85(91)88-30-11-14-36-94(88)109(97)65-73)61-79(62-78)83-42-22-43-102-101-59-53-74(69-115(101)122-116(83)102)77-67-111-106-47-21-41-82(75-54-58-98-92-34-9-6-28-86(92)89-31-12-15-37-95(89)110(98)66-75)118(106)124-120(111)114(68-77)121-112-48-18-16-38-99(112)100-39-17-19-49-113(100)121/h1-69H. The van der Waals surface area contributed by atoms with Crippen LogP contribution in [0.25, 0.3) is 274 Å². The number of para-hydroxylation sites is 2. The Kier molecular flexibility index (Phi) is 15.3. The summed E-state index contributed by atoms with van der Waals surface area (Å²) in [7, 11) is 0. The summed E-state index contributed by atoms with van der Waals surface area (Å²) in [5.41, 5.74) is 22.6. The Hall–Kier alpha value is -15.1. The Bertz CT molecular complexity index is 9170. The van der Waals surface area contributed by atoms with E-state index in [9.17, 15) is 0 Å². The van der Waals surface area contributed by atoms with Gasteiger partial charge in [0.1, 0.15) is 0 Å². The molecular formula is C120H69NS3. The van der Waals surface area contributed by atoms with E-state index in [1.165, 1.54) is 263 Å². The van der Waals surface area contributed by atoms with Crippen molar-refractivity contribution in [2.24, 2.45) is 0 Å². The molecule has 0 bridgehead atoms. The molecular weight excluding hydrogens is 1550 g/mol. The molecule has 0 unspecified atom stereocenters. The molecule has 0 N–H and O–H groups in total. The lowest BCUT2D eigenvalue weighted by Crippen LogP contribution is -1.95. The van der Waals surface area contributed by atoms with Gasteiger partial charge in [-0.2, -0.15) is 0 Å². The summed E-state index contributed by atoms with van der Waals surface area (Å²) in [4.78, 5) is 0. The van der Waals surface area contributed by atoms with Gasteiger partial charge in [0.15, 0.2) is 0 Å². The van der Waals surface area contributed by atoms with Crippen molar-refractivity contribution in [3.8, 4) is 94.7 Å². The van der Waals surface area contributed by atoms with Gasteiger partial charge >= 0.3 is 0 Å². The molecule has 4 heterocycles. The SMILES string of the molecule is c1ccc(-c2cccc3c2sc2c(-c4cc(-c5ccc6c7ccccc7c7ccccc7c6c5)ccc4-c4cc(-c5ccc6c7ccccc7c7ccccc7c6c5)cc(-c5cccc6c5sc5cc(-c7cc(-n8c9ccccc9c9ccccc98)c8sc9c(-c%10ccc%11c%12ccccc%12c%12ccccc%12c%11c%10)cccc9c8c7)ccc56)c4)cccc23)cc1. The van der Waals surface area contributed by atoms with Gasteiger partial charge in [0.25, 0.3) is 0 Å². The van der Waals surface area contributed by atoms with E-state index in [2.05, 4.69) is 423 Å². The normalized spacial score (nSPS) is 12.2. The average molecular weight is 1620 g/mol. The molecule has 0 aliphatic rings. The van der Waals surface area contributed by atoms with Crippen molar-refractivity contribution in [1.82, 2.24) is 4.57 Å². The topological polar surface area (TPSA) is 4.93 Å². The van der Waals surface area contributed by atoms with Crippen LogP contribution in [0.4, 0.5) is 0 Å². The van der Waals surface area contributed by atoms with E-state index in [1.807, 2.05) is 34.0 Å². The third-order valence-electron chi connectivity index (χ3n) is 26.9. The largest absolute Gasteiger partial charge is 0.308 e. The maximum atomic E-state index is 2.55. The Morgan fingerprint density at radius 2 is 0.435 bits per heavy atom. The Labute approximate surface area is 725 Å². The Morgan fingerprint density at radius 3 is 0.944 bits per heavy atom. The van der Waals surface area contributed by atoms with E-state index in [0.29, 0.717) is 0 Å². The Morgan fingerprint density at radius 1 is 0.129 bits per heavy atom. The molecule has 0 fully saturated rings. The van der Waals surface area contributed by atoms with Gasteiger partial charge in [-0.3, -0.25) is 0 Å². The van der Waals surface area contributed by atoms with Gasteiger partial charge in [-0.15, -0.1) is 34.0 Å². The number of rotatable bonds is 9. The van der Waals surface area contributed by atoms with Crippen molar-refractivity contribution in [2.45, 2.75) is 0 Å². The molecule has 23 aromatic carbocycles. The van der Waals surface area contributed by atoms with Crippen LogP contribution in [0, 0.1) is 0 Å². The second-order valence-electron chi connectivity index (χ2n) is 33.5. The lowest BCUT2D eigenvalue weighted by atomic mass is 9.86. The molecule has 0 saturated carbocycles. The summed E-state index contributed by atoms with van der Waals surface area (Å²) in [6.07, 6.45) is 0. The van der Waals surface area contributed by atoms with Gasteiger partial charge in [-0.05, 0) is 253 Å². The molecule has 572 valence electrons. The maximum Gasteiger partial charge on any atom is 0.0647 e. The highest BCUT2D eigenvalue weighted by Crippen LogP contribution is 2.53. The third kappa shape index (κ3) is 10.5. The predicted octanol–water partition coefficient (Wildman–Crippen LogP) is 35.6. The quantitative estimate of drug-likeness (QED) is 0.127. The molecule has 1 nitrogen and oxygen atoms in total. The monoisotopic (exact) mass is 1620 g/mol. The van der Waals surface area contributed by atoms with Crippen LogP contribution in [0.15, 0.2) is 419 Å². The van der Waals surface area contributed by atoms with E-state index >= 15 is 0 Å². The van der Waals surface area contributed by atoms with E-state index < -0.39 is 0 Å². The van der Waals surface area contributed by atoms with Crippen LogP contribution in [0.2, 0.25) is 0 Å². The summed E-state index contributed by atoms with van der Waals surface area (Å²) < 4.78 is 10.2. The zero-order valence-electron chi connectivity index (χ0n) is 67.0. The summed E-state index contributed by atoms with van der Waals surface area (Å²) in [6.45, 7) is 0. The number of aromatic nitrogens is 1. The fraction of sp³-hybridized carbons (Fsp3) is 0. The van der Waals surface area contributed by atoms with Crippen LogP contribution >= 0.6 is 34.0 Å². The van der Waals surface area contributed by atoms with E-state index in [0.717, 1.165) is 11.1 Å². The maximum absolute atomic E-state index is 2.55. The first-order chi connectivity index (χ1) is 61.5. The number of hydrogen-bond acceptors (Lipinski definition) is 3. The molecule has 4 heteroatoms. The fourth-order valence-corrected chi connectivity index (χ4v) is 25.2. The fourth-order valence-electron chi connectivity index (χ4n) is 21.3. The van der Waals surface area contributed by atoms with Gasteiger partial charge in [-0.1, -0.05) is 346 Å². The highest BCUT2D eigenvalue weighted by Gasteiger charge is 2.26. The molecule has 0 atom stereocenters. The molecule has 0 aliphatic heterocycles. The molecule has 27 aromatic rings. The average Bonchev–Trinajstić information content (AvgIpc) is 1.45. The second-order valence-corrected chi connectivity index (χ2v) is 36.6. The molecule has 0 aliphatic carbocycles. The van der Waals surface area contributed by atoms with Gasteiger partial charge in [0, 0.05) is 72.2 Å². The third-order valence-corrected chi connectivity index (χ3v) is 30.7. The zero-order chi connectivity index (χ0) is 80.9. The highest BCUT2D eigenvalue weighted by molar-refractivity contribution is 7.27. The van der Waals surface area contributed by atoms with Crippen LogP contribution in [0.5, 0.6) is 0 Å². The van der Waals surface area contributed by atoms with E-state index in [4.69, 9.17) is 0 Å². The van der Waals surface area contributed by atoms with Crippen molar-refractivity contribution in [3.05, 3.63) is 419 Å². The van der Waals surface area contributed by atoms with Crippen molar-refractivity contribution in [1.29, 1.82) is 0 Å². The summed E-state index contributed by atoms with van der Waals surface area (Å²) in [5, 5.41) is 32.9. The smallest absolute Gasteiger partial charge is 0.0647 e. The number of hydrogen-bond donors (Lipinski definition) is 0. The summed E-state index contributed by atoms with van der Waals surface area (Å²) >= 11 is 5.77. The minimum atomic E-state index is 1.15. The van der Waals surface area contributed by atoms with Gasteiger partial charge in [-0.25, -0.2) is 0 Å². The van der Waals surface area contributed by atoms with Crippen LogP contribution in [-0.2, 0) is 0 Å². The Balaban J connectivity index is 0.669. The van der Waals surface area contributed by atoms with Crippen molar-refractivity contribution in [3.63, 3.8) is 0 Å². The molecule has 0 radical (unpaired) electrons. The van der Waals surface area contributed by atoms with Crippen molar-refractivity contribution in [2.75, 3.05) is 0 Å². The van der Waals surface area contributed by atoms with Gasteiger partial charge in [0.2, 0.25) is 0 Å². The molecule has 27 rings (SSSR count). The lowest BCUT2D eigenvalue weighted by Gasteiger charge is -2.18. The van der Waals surface area contributed by atoms with E-state index in [-0.39, 0.29) is 0 Å². The second kappa shape index (κ2) is 27.2. The number of benzene rings is 23. The molecule has 0 amide bonds. The number of thiophene rings is 3. The van der Waals surface area contributed by atoms with Crippen LogP contribution in [-0.4, -0.2) is 4.57 Å². The first kappa shape index (κ1) is 69.6. The van der Waals surface area contributed by atoms with E-state index in [1.54, 1.807) is 0 Å². The van der Waals surface area contributed by atoms with Gasteiger partial charge < -0.3 is 4.57 Å². The number of nitrogens with zero attached hydrogens (tertiary/aromatic N) is 1. The first-order valence-corrected chi connectivity index (χ1v) is 45.2. The van der Waals surface area contributed by atoms with Crippen molar-refractivity contribution < 1.29 is 0 Å². The molecule has 0 spiro atoms. The molecule has 124 heavy (non-hydrogen) atoms. The predicted molar refractivity (Wildman–Crippen MR) is 540 cm³/mol. The van der Waals surface area contributed by atoms with Crippen LogP contribution < -0.4 is 0 Å². The lowest BCUT2D eigenvalue weighted by molar-refractivity contribution is 1.20. The number of fused-ring (bicyclic) bond motifs is 30. The summed E-state index contributed by atoms with van der Waals surface area (Å²) in [5.74, 6) is 0.